The Kier molecular flexibility index (Phi) is 4.96. The van der Waals surface area contributed by atoms with Gasteiger partial charge in [0, 0.05) is 34.1 Å². The van der Waals surface area contributed by atoms with Crippen LogP contribution in [0, 0.1) is 6.92 Å². The Hall–Kier alpha value is -0.910. The number of hydrogen-bond donors (Lipinski definition) is 1. The zero-order valence-electron chi connectivity index (χ0n) is 10.2. The third-order valence-corrected chi connectivity index (χ3v) is 4.71. The fourth-order valence-electron chi connectivity index (χ4n) is 1.54. The van der Waals surface area contributed by atoms with Crippen molar-refractivity contribution in [2.75, 3.05) is 6.54 Å². The summed E-state index contributed by atoms with van der Waals surface area (Å²) in [6.07, 6.45) is 0.749. The summed E-state index contributed by atoms with van der Waals surface area (Å²) in [7, 11) is 0. The number of aromatic nitrogens is 1. The third kappa shape index (κ3) is 4.03. The highest BCUT2D eigenvalue weighted by Crippen LogP contribution is 2.23. The van der Waals surface area contributed by atoms with E-state index in [9.17, 15) is 4.79 Å². The van der Waals surface area contributed by atoms with Gasteiger partial charge in [-0.1, -0.05) is 11.6 Å². The molecule has 1 N–H and O–H groups in total. The first-order valence-corrected chi connectivity index (χ1v) is 7.75. The average Bonchev–Trinajstić information content (AvgIpc) is 2.78. The molecule has 0 saturated carbocycles. The number of carbonyl (C=O) groups excluding carboxylic acids is 1. The number of nitrogens with one attached hydrogen (secondary N) is 1. The van der Waals surface area contributed by atoms with Crippen LogP contribution in [0.25, 0.3) is 0 Å². The van der Waals surface area contributed by atoms with Gasteiger partial charge in [-0.3, -0.25) is 4.79 Å². The van der Waals surface area contributed by atoms with Crippen LogP contribution in [0.2, 0.25) is 5.02 Å². The molecule has 100 valence electrons. The molecule has 0 aliphatic carbocycles. The molecule has 0 fully saturated rings. The average molecular weight is 360 g/mol. The standard InChI is InChI=1S/C13H12BrClN2OS/c1-8-7-19-12(17-8)4-5-16-13(18)9-2-3-11(15)10(14)6-9/h2-3,6-7H,4-5H2,1H3,(H,16,18). The molecule has 0 spiro atoms. The number of benzene rings is 1. The molecule has 2 aromatic rings. The second-order valence-corrected chi connectivity index (χ2v) is 6.22. The first-order chi connectivity index (χ1) is 9.06. The number of hydrogen-bond acceptors (Lipinski definition) is 3. The second kappa shape index (κ2) is 6.50. The molecule has 0 unspecified atom stereocenters. The molecule has 1 aromatic carbocycles. The van der Waals surface area contributed by atoms with E-state index in [-0.39, 0.29) is 5.91 Å². The van der Waals surface area contributed by atoms with E-state index in [1.54, 1.807) is 29.5 Å². The van der Waals surface area contributed by atoms with Crippen molar-refractivity contribution in [1.82, 2.24) is 10.3 Å². The van der Waals surface area contributed by atoms with E-state index in [1.165, 1.54) is 0 Å². The summed E-state index contributed by atoms with van der Waals surface area (Å²) >= 11 is 10.8. The highest BCUT2D eigenvalue weighted by atomic mass is 79.9. The summed E-state index contributed by atoms with van der Waals surface area (Å²) in [5.41, 5.74) is 1.61. The van der Waals surface area contributed by atoms with Gasteiger partial charge in [0.2, 0.25) is 0 Å². The molecule has 0 radical (unpaired) electrons. The highest BCUT2D eigenvalue weighted by molar-refractivity contribution is 9.10. The Morgan fingerprint density at radius 1 is 1.53 bits per heavy atom. The maximum atomic E-state index is 11.9. The van der Waals surface area contributed by atoms with Crippen molar-refractivity contribution >= 4 is 44.8 Å². The van der Waals surface area contributed by atoms with E-state index in [0.717, 1.165) is 21.6 Å². The molecule has 0 bridgehead atoms. The van der Waals surface area contributed by atoms with Gasteiger partial charge in [0.05, 0.1) is 10.0 Å². The number of halogens is 2. The smallest absolute Gasteiger partial charge is 0.251 e. The number of aryl methyl sites for hydroxylation is 1. The molecule has 3 nitrogen and oxygen atoms in total. The lowest BCUT2D eigenvalue weighted by Crippen LogP contribution is -2.25. The SMILES string of the molecule is Cc1csc(CCNC(=O)c2ccc(Cl)c(Br)c2)n1. The van der Waals surface area contributed by atoms with Crippen LogP contribution in [-0.4, -0.2) is 17.4 Å². The summed E-state index contributed by atoms with van der Waals surface area (Å²) in [5.74, 6) is -0.106. The van der Waals surface area contributed by atoms with E-state index in [4.69, 9.17) is 11.6 Å². The minimum absolute atomic E-state index is 0.106. The molecule has 19 heavy (non-hydrogen) atoms. The molecule has 2 rings (SSSR count). The topological polar surface area (TPSA) is 42.0 Å². The lowest BCUT2D eigenvalue weighted by molar-refractivity contribution is 0.0954. The van der Waals surface area contributed by atoms with E-state index in [1.807, 2.05) is 12.3 Å². The minimum Gasteiger partial charge on any atom is -0.352 e. The Labute approximate surface area is 129 Å². The quantitative estimate of drug-likeness (QED) is 0.901. The van der Waals surface area contributed by atoms with Crippen molar-refractivity contribution in [3.63, 3.8) is 0 Å². The highest BCUT2D eigenvalue weighted by Gasteiger charge is 2.07. The molecule has 1 aromatic heterocycles. The van der Waals surface area contributed by atoms with Crippen molar-refractivity contribution in [3.8, 4) is 0 Å². The molecule has 0 aliphatic rings. The monoisotopic (exact) mass is 358 g/mol. The molecule has 0 saturated heterocycles. The van der Waals surface area contributed by atoms with Gasteiger partial charge in [0.1, 0.15) is 0 Å². The van der Waals surface area contributed by atoms with Crippen molar-refractivity contribution in [1.29, 1.82) is 0 Å². The predicted molar refractivity (Wildman–Crippen MR) is 82.0 cm³/mol. The van der Waals surface area contributed by atoms with Crippen LogP contribution in [0.15, 0.2) is 28.1 Å². The lowest BCUT2D eigenvalue weighted by Gasteiger charge is -2.05. The maximum Gasteiger partial charge on any atom is 0.251 e. The largest absolute Gasteiger partial charge is 0.352 e. The third-order valence-electron chi connectivity index (χ3n) is 2.47. The fraction of sp³-hybridized carbons (Fsp3) is 0.231. The zero-order chi connectivity index (χ0) is 13.8. The van der Waals surface area contributed by atoms with E-state index in [2.05, 4.69) is 26.2 Å². The van der Waals surface area contributed by atoms with Crippen LogP contribution in [0.5, 0.6) is 0 Å². The summed E-state index contributed by atoms with van der Waals surface area (Å²) in [6.45, 7) is 2.54. The normalized spacial score (nSPS) is 10.5. The first-order valence-electron chi connectivity index (χ1n) is 5.70. The van der Waals surface area contributed by atoms with Crippen LogP contribution in [0.1, 0.15) is 21.1 Å². The Bertz CT molecular complexity index is 600. The van der Waals surface area contributed by atoms with Crippen LogP contribution >= 0.6 is 38.9 Å². The van der Waals surface area contributed by atoms with Crippen LogP contribution in [0.4, 0.5) is 0 Å². The minimum atomic E-state index is -0.106. The lowest BCUT2D eigenvalue weighted by atomic mass is 10.2. The Morgan fingerprint density at radius 2 is 2.32 bits per heavy atom. The van der Waals surface area contributed by atoms with Crippen molar-refractivity contribution < 1.29 is 4.79 Å². The Morgan fingerprint density at radius 3 is 2.95 bits per heavy atom. The molecule has 1 amide bonds. The summed E-state index contributed by atoms with van der Waals surface area (Å²) in [6, 6.07) is 5.12. The summed E-state index contributed by atoms with van der Waals surface area (Å²) in [5, 5.41) is 6.50. The Balaban J connectivity index is 1.89. The van der Waals surface area contributed by atoms with Gasteiger partial charge in [0.15, 0.2) is 0 Å². The van der Waals surface area contributed by atoms with Gasteiger partial charge in [-0.05, 0) is 41.1 Å². The summed E-state index contributed by atoms with van der Waals surface area (Å²) < 4.78 is 0.720. The van der Waals surface area contributed by atoms with Crippen molar-refractivity contribution in [2.45, 2.75) is 13.3 Å². The van der Waals surface area contributed by atoms with Gasteiger partial charge < -0.3 is 5.32 Å². The predicted octanol–water partition coefficient (Wildman–Crippen LogP) is 3.84. The number of carbonyl (C=O) groups is 1. The van der Waals surface area contributed by atoms with E-state index >= 15 is 0 Å². The van der Waals surface area contributed by atoms with Crippen molar-refractivity contribution in [3.05, 3.63) is 49.3 Å². The molecule has 6 heteroatoms. The van der Waals surface area contributed by atoms with Gasteiger partial charge in [0.25, 0.3) is 5.91 Å². The van der Waals surface area contributed by atoms with Crippen LogP contribution in [-0.2, 0) is 6.42 Å². The number of nitrogens with zero attached hydrogens (tertiary/aromatic N) is 1. The van der Waals surface area contributed by atoms with Gasteiger partial charge in [-0.15, -0.1) is 11.3 Å². The van der Waals surface area contributed by atoms with Gasteiger partial charge >= 0.3 is 0 Å². The maximum absolute atomic E-state index is 11.9. The molecule has 1 heterocycles. The van der Waals surface area contributed by atoms with E-state index in [0.29, 0.717) is 17.1 Å². The van der Waals surface area contributed by atoms with Crippen LogP contribution < -0.4 is 5.32 Å². The number of thiazole rings is 1. The second-order valence-electron chi connectivity index (χ2n) is 4.02. The summed E-state index contributed by atoms with van der Waals surface area (Å²) in [4.78, 5) is 16.3. The number of amides is 1. The van der Waals surface area contributed by atoms with Crippen LogP contribution in [0.3, 0.4) is 0 Å². The number of rotatable bonds is 4. The molecule has 0 aliphatic heterocycles. The fourth-order valence-corrected chi connectivity index (χ4v) is 2.81. The van der Waals surface area contributed by atoms with Crippen molar-refractivity contribution in [2.24, 2.45) is 0 Å². The zero-order valence-corrected chi connectivity index (χ0v) is 13.4. The molecular weight excluding hydrogens is 348 g/mol. The molecular formula is C13H12BrClN2OS. The van der Waals surface area contributed by atoms with Gasteiger partial charge in [-0.2, -0.15) is 0 Å². The van der Waals surface area contributed by atoms with E-state index < -0.39 is 0 Å². The van der Waals surface area contributed by atoms with Gasteiger partial charge in [-0.25, -0.2) is 4.98 Å². The molecule has 0 atom stereocenters. The first kappa shape index (κ1) is 14.5.